The average molecular weight is 277 g/mol. The Bertz CT molecular complexity index is 560. The van der Waals surface area contributed by atoms with Crippen LogP contribution in [0.1, 0.15) is 11.6 Å². The molecule has 0 fully saturated rings. The van der Waals surface area contributed by atoms with Crippen molar-refractivity contribution in [3.63, 3.8) is 0 Å². The number of halogens is 1. The van der Waals surface area contributed by atoms with Crippen LogP contribution in [-0.2, 0) is 9.53 Å². The lowest BCUT2D eigenvalue weighted by molar-refractivity contribution is -0.141. The Hall–Kier alpha value is -2.07. The van der Waals surface area contributed by atoms with Crippen LogP contribution in [0.5, 0.6) is 0 Å². The van der Waals surface area contributed by atoms with Crippen LogP contribution in [-0.4, -0.2) is 18.1 Å². The minimum Gasteiger partial charge on any atom is -0.467 e. The van der Waals surface area contributed by atoms with Crippen LogP contribution in [0.4, 0.5) is 5.82 Å². The molecule has 1 N–H and O–H groups in total. The zero-order valence-electron chi connectivity index (χ0n) is 10.3. The van der Waals surface area contributed by atoms with Crippen LogP contribution in [0.2, 0.25) is 5.15 Å². The highest BCUT2D eigenvalue weighted by atomic mass is 35.5. The normalized spacial score (nSPS) is 11.7. The molecule has 0 aliphatic carbocycles. The van der Waals surface area contributed by atoms with E-state index in [0.29, 0.717) is 11.0 Å². The zero-order valence-corrected chi connectivity index (χ0v) is 11.1. The van der Waals surface area contributed by atoms with Gasteiger partial charge in [0.25, 0.3) is 0 Å². The number of anilines is 1. The summed E-state index contributed by atoms with van der Waals surface area (Å²) in [6.45, 7) is 0. The summed E-state index contributed by atoms with van der Waals surface area (Å²) in [7, 11) is 1.35. The molecule has 0 radical (unpaired) electrons. The lowest BCUT2D eigenvalue weighted by Crippen LogP contribution is -2.22. The van der Waals surface area contributed by atoms with Gasteiger partial charge >= 0.3 is 5.97 Å². The van der Waals surface area contributed by atoms with Gasteiger partial charge in [-0.25, -0.2) is 9.78 Å². The predicted octanol–water partition coefficient (Wildman–Crippen LogP) is 3.06. The number of methoxy groups -OCH3 is 1. The summed E-state index contributed by atoms with van der Waals surface area (Å²) < 4.78 is 4.81. The van der Waals surface area contributed by atoms with Crippen molar-refractivity contribution in [2.24, 2.45) is 0 Å². The highest BCUT2D eigenvalue weighted by Gasteiger charge is 2.21. The maximum atomic E-state index is 11.9. The predicted molar refractivity (Wildman–Crippen MR) is 74.1 cm³/mol. The first-order valence-electron chi connectivity index (χ1n) is 5.72. The van der Waals surface area contributed by atoms with Gasteiger partial charge in [0.15, 0.2) is 6.04 Å². The van der Waals surface area contributed by atoms with Crippen molar-refractivity contribution < 1.29 is 9.53 Å². The molecule has 4 nitrogen and oxygen atoms in total. The van der Waals surface area contributed by atoms with Crippen LogP contribution >= 0.6 is 11.6 Å². The summed E-state index contributed by atoms with van der Waals surface area (Å²) in [5.41, 5.74) is 0.802. The van der Waals surface area contributed by atoms with Gasteiger partial charge in [-0.15, -0.1) is 0 Å². The van der Waals surface area contributed by atoms with Crippen molar-refractivity contribution in [3.05, 3.63) is 59.2 Å². The number of carbonyl (C=O) groups is 1. The number of aromatic nitrogens is 1. The first-order valence-corrected chi connectivity index (χ1v) is 6.10. The standard InChI is InChI=1S/C14H13ClN2O2/c1-19-14(18)13(10-6-3-2-4-7-10)17-12-9-5-8-11(15)16-12/h2-9,13H,1H3,(H,16,17). The number of nitrogens with one attached hydrogen (secondary N) is 1. The summed E-state index contributed by atoms with van der Waals surface area (Å²) in [5, 5.41) is 3.38. The van der Waals surface area contributed by atoms with Gasteiger partial charge in [-0.2, -0.15) is 0 Å². The first-order chi connectivity index (χ1) is 9.20. The van der Waals surface area contributed by atoms with Gasteiger partial charge in [-0.3, -0.25) is 0 Å². The van der Waals surface area contributed by atoms with Crippen LogP contribution in [0.3, 0.4) is 0 Å². The number of hydrogen-bond donors (Lipinski definition) is 1. The molecule has 2 aromatic rings. The minimum atomic E-state index is -0.614. The molecule has 1 atom stereocenters. The molecule has 0 bridgehead atoms. The molecule has 1 aromatic heterocycles. The molecule has 1 aromatic carbocycles. The van der Waals surface area contributed by atoms with Gasteiger partial charge in [-0.05, 0) is 17.7 Å². The van der Waals surface area contributed by atoms with E-state index in [1.807, 2.05) is 30.3 Å². The summed E-state index contributed by atoms with van der Waals surface area (Å²) in [4.78, 5) is 16.0. The van der Waals surface area contributed by atoms with Crippen molar-refractivity contribution in [1.29, 1.82) is 0 Å². The van der Waals surface area contributed by atoms with E-state index in [1.165, 1.54) is 7.11 Å². The van der Waals surface area contributed by atoms with Gasteiger partial charge in [0.1, 0.15) is 11.0 Å². The maximum Gasteiger partial charge on any atom is 0.333 e. The Kier molecular flexibility index (Phi) is 4.36. The molecule has 0 saturated heterocycles. The lowest BCUT2D eigenvalue weighted by atomic mass is 10.1. The third kappa shape index (κ3) is 3.45. The van der Waals surface area contributed by atoms with Crippen molar-refractivity contribution in [2.45, 2.75) is 6.04 Å². The second-order valence-electron chi connectivity index (χ2n) is 3.86. The number of rotatable bonds is 4. The van der Waals surface area contributed by atoms with Crippen LogP contribution in [0.25, 0.3) is 0 Å². The molecule has 0 amide bonds. The lowest BCUT2D eigenvalue weighted by Gasteiger charge is -2.17. The largest absolute Gasteiger partial charge is 0.467 e. The van der Waals surface area contributed by atoms with E-state index in [2.05, 4.69) is 10.3 Å². The summed E-state index contributed by atoms with van der Waals surface area (Å²) in [6.07, 6.45) is 0. The highest BCUT2D eigenvalue weighted by molar-refractivity contribution is 6.29. The monoisotopic (exact) mass is 276 g/mol. The number of carbonyl (C=O) groups excluding carboxylic acids is 1. The Morgan fingerprint density at radius 2 is 1.95 bits per heavy atom. The van der Waals surface area contributed by atoms with Gasteiger partial charge in [-0.1, -0.05) is 48.0 Å². The SMILES string of the molecule is COC(=O)C(Nc1cccc(Cl)n1)c1ccccc1. The van der Waals surface area contributed by atoms with Crippen LogP contribution in [0.15, 0.2) is 48.5 Å². The van der Waals surface area contributed by atoms with E-state index in [-0.39, 0.29) is 5.97 Å². The van der Waals surface area contributed by atoms with Gasteiger partial charge in [0.05, 0.1) is 7.11 Å². The Labute approximate surface area is 116 Å². The van der Waals surface area contributed by atoms with E-state index in [0.717, 1.165) is 5.56 Å². The molecular weight excluding hydrogens is 264 g/mol. The number of ether oxygens (including phenoxy) is 1. The second kappa shape index (κ2) is 6.20. The molecule has 19 heavy (non-hydrogen) atoms. The van der Waals surface area contributed by atoms with Crippen molar-refractivity contribution in [3.8, 4) is 0 Å². The number of benzene rings is 1. The molecule has 0 saturated carbocycles. The van der Waals surface area contributed by atoms with Crippen molar-refractivity contribution in [2.75, 3.05) is 12.4 Å². The van der Waals surface area contributed by atoms with E-state index < -0.39 is 6.04 Å². The van der Waals surface area contributed by atoms with Crippen LogP contribution < -0.4 is 5.32 Å². The average Bonchev–Trinajstić information content (AvgIpc) is 2.45. The third-order valence-electron chi connectivity index (χ3n) is 2.58. The summed E-state index contributed by atoms with van der Waals surface area (Å²) >= 11 is 5.82. The van der Waals surface area contributed by atoms with Gasteiger partial charge in [0.2, 0.25) is 0 Å². The smallest absolute Gasteiger partial charge is 0.333 e. The van der Waals surface area contributed by atoms with Crippen molar-refractivity contribution >= 4 is 23.4 Å². The fourth-order valence-corrected chi connectivity index (χ4v) is 1.84. The number of pyridine rings is 1. The van der Waals surface area contributed by atoms with Gasteiger partial charge < -0.3 is 10.1 Å². The number of hydrogen-bond acceptors (Lipinski definition) is 4. The van der Waals surface area contributed by atoms with E-state index in [4.69, 9.17) is 16.3 Å². The molecule has 0 aliphatic rings. The topological polar surface area (TPSA) is 51.2 Å². The molecular formula is C14H13ClN2O2. The van der Waals surface area contributed by atoms with E-state index >= 15 is 0 Å². The number of esters is 1. The van der Waals surface area contributed by atoms with E-state index in [1.54, 1.807) is 18.2 Å². The quantitative estimate of drug-likeness (QED) is 0.689. The summed E-state index contributed by atoms with van der Waals surface area (Å²) in [6, 6.07) is 13.9. The third-order valence-corrected chi connectivity index (χ3v) is 2.79. The molecule has 5 heteroatoms. The molecule has 0 aliphatic heterocycles. The second-order valence-corrected chi connectivity index (χ2v) is 4.24. The molecule has 1 unspecified atom stereocenters. The Balaban J connectivity index is 2.27. The maximum absolute atomic E-state index is 11.9. The summed E-state index contributed by atoms with van der Waals surface area (Å²) in [5.74, 6) is 0.139. The highest BCUT2D eigenvalue weighted by Crippen LogP contribution is 2.20. The van der Waals surface area contributed by atoms with Crippen molar-refractivity contribution in [1.82, 2.24) is 4.98 Å². The Morgan fingerprint density at radius 1 is 1.21 bits per heavy atom. The molecule has 1 heterocycles. The van der Waals surface area contributed by atoms with Gasteiger partial charge in [0, 0.05) is 0 Å². The molecule has 98 valence electrons. The minimum absolute atomic E-state index is 0.363. The zero-order chi connectivity index (χ0) is 13.7. The fraction of sp³-hybridized carbons (Fsp3) is 0.143. The number of nitrogens with zero attached hydrogens (tertiary/aromatic N) is 1. The Morgan fingerprint density at radius 3 is 2.58 bits per heavy atom. The van der Waals surface area contributed by atoms with Crippen LogP contribution in [0, 0.1) is 0 Å². The first kappa shape index (κ1) is 13.4. The van der Waals surface area contributed by atoms with E-state index in [9.17, 15) is 4.79 Å². The molecule has 0 spiro atoms. The fourth-order valence-electron chi connectivity index (χ4n) is 1.68. The molecule has 2 rings (SSSR count).